The van der Waals surface area contributed by atoms with E-state index in [-0.39, 0.29) is 22.3 Å². The second-order valence-electron chi connectivity index (χ2n) is 4.85. The Morgan fingerprint density at radius 2 is 1.78 bits per heavy atom. The lowest BCUT2D eigenvalue weighted by atomic mass is 10.0. The van der Waals surface area contributed by atoms with Crippen LogP contribution >= 0.6 is 12.2 Å². The highest BCUT2D eigenvalue weighted by Gasteiger charge is 2.15. The molecule has 0 amide bonds. The zero-order valence-electron chi connectivity index (χ0n) is 10.8. The van der Waals surface area contributed by atoms with Crippen molar-refractivity contribution in [2.75, 3.05) is 5.32 Å². The Morgan fingerprint density at radius 1 is 1.28 bits per heavy atom. The summed E-state index contributed by atoms with van der Waals surface area (Å²) >= 11 is 4.69. The molecule has 1 unspecified atom stereocenters. The molecule has 0 aliphatic rings. The number of benzene rings is 1. The lowest BCUT2D eigenvalue weighted by Gasteiger charge is -2.18. The average Bonchev–Trinajstić information content (AvgIpc) is 2.21. The fraction of sp³-hybridized carbons (Fsp3) is 0.462. The summed E-state index contributed by atoms with van der Waals surface area (Å²) in [5.41, 5.74) is 5.42. The second kappa shape index (κ2) is 6.09. The maximum absolute atomic E-state index is 13.8. The summed E-state index contributed by atoms with van der Waals surface area (Å²) in [6.45, 7) is 6.00. The van der Waals surface area contributed by atoms with Crippen LogP contribution in [0.25, 0.3) is 0 Å². The van der Waals surface area contributed by atoms with Crippen molar-refractivity contribution in [3.8, 4) is 0 Å². The fourth-order valence-electron chi connectivity index (χ4n) is 1.87. The normalized spacial score (nSPS) is 12.6. The minimum absolute atomic E-state index is 0.00956. The minimum Gasteiger partial charge on any atom is -0.389 e. The van der Waals surface area contributed by atoms with Gasteiger partial charge in [-0.1, -0.05) is 26.1 Å². The van der Waals surface area contributed by atoms with Crippen molar-refractivity contribution in [3.05, 3.63) is 29.3 Å². The Morgan fingerprint density at radius 3 is 2.17 bits per heavy atom. The van der Waals surface area contributed by atoms with E-state index in [4.69, 9.17) is 18.0 Å². The summed E-state index contributed by atoms with van der Waals surface area (Å²) in [4.78, 5) is -0.0189. The summed E-state index contributed by atoms with van der Waals surface area (Å²) in [6.07, 6.45) is 0.829. The molecule has 1 rings (SSSR count). The molecule has 0 saturated carbocycles. The van der Waals surface area contributed by atoms with E-state index in [0.717, 1.165) is 18.6 Å². The van der Waals surface area contributed by atoms with E-state index in [1.54, 1.807) is 0 Å². The molecule has 1 aromatic rings. The smallest absolute Gasteiger partial charge is 0.150 e. The largest absolute Gasteiger partial charge is 0.389 e. The Bertz CT molecular complexity index is 424. The highest BCUT2D eigenvalue weighted by Crippen LogP contribution is 2.22. The van der Waals surface area contributed by atoms with Gasteiger partial charge in [-0.25, -0.2) is 8.78 Å². The standard InChI is InChI=1S/C13H18F2N2S/c1-7(2)4-8(3)17-12-10(14)5-9(13(16)18)6-11(12)15/h5-8,17H,4H2,1-3H3,(H2,16,18). The summed E-state index contributed by atoms with van der Waals surface area (Å²) < 4.78 is 27.5. The predicted octanol–water partition coefficient (Wildman–Crippen LogP) is 3.45. The van der Waals surface area contributed by atoms with Crippen molar-refractivity contribution in [3.63, 3.8) is 0 Å². The third-order valence-electron chi connectivity index (χ3n) is 2.54. The van der Waals surface area contributed by atoms with Gasteiger partial charge in [0.05, 0.1) is 0 Å². The first-order valence-electron chi connectivity index (χ1n) is 5.86. The number of hydrogen-bond acceptors (Lipinski definition) is 2. The van der Waals surface area contributed by atoms with Gasteiger partial charge in [-0.15, -0.1) is 0 Å². The van der Waals surface area contributed by atoms with Gasteiger partial charge in [0.15, 0.2) is 0 Å². The number of hydrogen-bond donors (Lipinski definition) is 2. The summed E-state index contributed by atoms with van der Waals surface area (Å²) in [5, 5.41) is 2.84. The van der Waals surface area contributed by atoms with Gasteiger partial charge < -0.3 is 11.1 Å². The van der Waals surface area contributed by atoms with Gasteiger partial charge in [0.2, 0.25) is 0 Å². The molecule has 0 spiro atoms. The van der Waals surface area contributed by atoms with E-state index in [1.807, 2.05) is 6.92 Å². The number of rotatable bonds is 5. The van der Waals surface area contributed by atoms with Crippen LogP contribution < -0.4 is 11.1 Å². The Labute approximate surface area is 112 Å². The molecule has 5 heteroatoms. The molecule has 1 atom stereocenters. The van der Waals surface area contributed by atoms with Crippen molar-refractivity contribution in [2.24, 2.45) is 11.7 Å². The van der Waals surface area contributed by atoms with Crippen molar-refractivity contribution < 1.29 is 8.78 Å². The van der Waals surface area contributed by atoms with E-state index in [0.29, 0.717) is 5.92 Å². The highest BCUT2D eigenvalue weighted by molar-refractivity contribution is 7.80. The second-order valence-corrected chi connectivity index (χ2v) is 5.29. The molecule has 0 bridgehead atoms. The SMILES string of the molecule is CC(C)CC(C)Nc1c(F)cc(C(N)=S)cc1F. The van der Waals surface area contributed by atoms with Crippen LogP contribution in [-0.4, -0.2) is 11.0 Å². The first-order chi connectivity index (χ1) is 8.31. The zero-order chi connectivity index (χ0) is 13.9. The van der Waals surface area contributed by atoms with Crippen molar-refractivity contribution in [1.82, 2.24) is 0 Å². The van der Waals surface area contributed by atoms with E-state index in [2.05, 4.69) is 19.2 Å². The number of nitrogens with two attached hydrogens (primary N) is 1. The molecule has 18 heavy (non-hydrogen) atoms. The van der Waals surface area contributed by atoms with Gasteiger partial charge >= 0.3 is 0 Å². The first-order valence-corrected chi connectivity index (χ1v) is 6.27. The predicted molar refractivity (Wildman–Crippen MR) is 74.8 cm³/mol. The van der Waals surface area contributed by atoms with Crippen LogP contribution in [0, 0.1) is 17.6 Å². The lowest BCUT2D eigenvalue weighted by molar-refractivity contribution is 0.528. The van der Waals surface area contributed by atoms with Crippen LogP contribution in [0.1, 0.15) is 32.8 Å². The molecule has 100 valence electrons. The summed E-state index contributed by atoms with van der Waals surface area (Å²) in [7, 11) is 0. The third-order valence-corrected chi connectivity index (χ3v) is 2.78. The van der Waals surface area contributed by atoms with Crippen molar-refractivity contribution in [1.29, 1.82) is 0 Å². The minimum atomic E-state index is -0.673. The van der Waals surface area contributed by atoms with Crippen LogP contribution in [-0.2, 0) is 0 Å². The molecule has 0 saturated heterocycles. The number of halogens is 2. The Balaban J connectivity index is 2.93. The van der Waals surface area contributed by atoms with E-state index in [9.17, 15) is 8.78 Å². The molecular weight excluding hydrogens is 254 g/mol. The van der Waals surface area contributed by atoms with Crippen molar-refractivity contribution >= 4 is 22.9 Å². The lowest BCUT2D eigenvalue weighted by Crippen LogP contribution is -2.20. The van der Waals surface area contributed by atoms with Gasteiger partial charge in [-0.05, 0) is 31.4 Å². The number of anilines is 1. The van der Waals surface area contributed by atoms with Crippen LogP contribution in [0.2, 0.25) is 0 Å². The quantitative estimate of drug-likeness (QED) is 0.806. The highest BCUT2D eigenvalue weighted by atomic mass is 32.1. The van der Waals surface area contributed by atoms with Gasteiger partial charge in [0.25, 0.3) is 0 Å². The summed E-state index contributed by atoms with van der Waals surface area (Å²) in [5.74, 6) is -0.892. The van der Waals surface area contributed by atoms with Crippen LogP contribution in [0.15, 0.2) is 12.1 Å². The molecule has 3 N–H and O–H groups in total. The Kier molecular flexibility index (Phi) is 5.02. The molecule has 2 nitrogen and oxygen atoms in total. The van der Waals surface area contributed by atoms with Crippen LogP contribution in [0.3, 0.4) is 0 Å². The van der Waals surface area contributed by atoms with Crippen LogP contribution in [0.5, 0.6) is 0 Å². The fourth-order valence-corrected chi connectivity index (χ4v) is 1.98. The van der Waals surface area contributed by atoms with Gasteiger partial charge in [0, 0.05) is 11.6 Å². The monoisotopic (exact) mass is 272 g/mol. The molecular formula is C13H18F2N2S. The molecule has 0 aliphatic carbocycles. The topological polar surface area (TPSA) is 38.0 Å². The first kappa shape index (κ1) is 14.8. The molecule has 0 aromatic heterocycles. The number of thiocarbonyl (C=S) groups is 1. The van der Waals surface area contributed by atoms with Crippen LogP contribution in [0.4, 0.5) is 14.5 Å². The van der Waals surface area contributed by atoms with E-state index < -0.39 is 11.6 Å². The maximum atomic E-state index is 13.8. The molecule has 0 radical (unpaired) electrons. The zero-order valence-corrected chi connectivity index (χ0v) is 11.6. The number of nitrogens with one attached hydrogen (secondary N) is 1. The van der Waals surface area contributed by atoms with Crippen molar-refractivity contribution in [2.45, 2.75) is 33.2 Å². The van der Waals surface area contributed by atoms with Gasteiger partial charge in [-0.2, -0.15) is 0 Å². The van der Waals surface area contributed by atoms with E-state index in [1.165, 1.54) is 0 Å². The molecule has 0 heterocycles. The van der Waals surface area contributed by atoms with Gasteiger partial charge in [-0.3, -0.25) is 0 Å². The van der Waals surface area contributed by atoms with Gasteiger partial charge in [0.1, 0.15) is 22.3 Å². The third kappa shape index (κ3) is 3.91. The molecule has 0 aliphatic heterocycles. The van der Waals surface area contributed by atoms with E-state index >= 15 is 0 Å². The molecule has 0 fully saturated rings. The molecule has 1 aromatic carbocycles. The maximum Gasteiger partial charge on any atom is 0.150 e. The Hall–Kier alpha value is -1.23. The average molecular weight is 272 g/mol. The summed E-state index contributed by atoms with van der Waals surface area (Å²) in [6, 6.07) is 2.29.